The quantitative estimate of drug-likeness (QED) is 0.408. The summed E-state index contributed by atoms with van der Waals surface area (Å²) in [5, 5.41) is 0. The minimum atomic E-state index is -0.355. The van der Waals surface area contributed by atoms with E-state index in [-0.39, 0.29) is 5.97 Å². The van der Waals surface area contributed by atoms with Crippen LogP contribution in [0.1, 0.15) is 19.3 Å². The number of nitrogens with two attached hydrogens (primary N) is 1. The Bertz CT molecular complexity index is 252. The summed E-state index contributed by atoms with van der Waals surface area (Å²) in [5.74, 6) is 0.111. The molecule has 0 bridgehead atoms. The molecule has 1 aliphatic carbocycles. The van der Waals surface area contributed by atoms with Crippen LogP contribution in [0.25, 0.3) is 0 Å². The molecular formula is C10H15NO3. The highest BCUT2D eigenvalue weighted by Gasteiger charge is 2.43. The summed E-state index contributed by atoms with van der Waals surface area (Å²) in [6.45, 7) is 0.496. The van der Waals surface area contributed by atoms with Gasteiger partial charge in [-0.25, -0.2) is 4.79 Å². The van der Waals surface area contributed by atoms with Crippen molar-refractivity contribution in [1.29, 1.82) is 0 Å². The maximum absolute atomic E-state index is 11.0. The Labute approximate surface area is 83.1 Å². The molecule has 0 spiro atoms. The number of carbonyl (C=O) groups excluding carboxylic acids is 1. The van der Waals surface area contributed by atoms with E-state index >= 15 is 0 Å². The summed E-state index contributed by atoms with van der Waals surface area (Å²) in [4.78, 5) is 11.0. The molecule has 0 aromatic heterocycles. The monoisotopic (exact) mass is 197 g/mol. The van der Waals surface area contributed by atoms with Crippen molar-refractivity contribution in [3.63, 3.8) is 0 Å². The van der Waals surface area contributed by atoms with Crippen molar-refractivity contribution >= 4 is 5.97 Å². The topological polar surface area (TPSA) is 64.9 Å². The van der Waals surface area contributed by atoms with E-state index in [4.69, 9.17) is 15.2 Å². The second-order valence-electron chi connectivity index (χ2n) is 3.88. The molecule has 0 aromatic rings. The van der Waals surface area contributed by atoms with Gasteiger partial charge in [-0.1, -0.05) is 0 Å². The molecule has 1 heterocycles. The van der Waals surface area contributed by atoms with E-state index in [0.717, 1.165) is 19.3 Å². The second kappa shape index (κ2) is 4.00. The van der Waals surface area contributed by atoms with Gasteiger partial charge in [0.05, 0.1) is 18.8 Å². The molecule has 78 valence electrons. The van der Waals surface area contributed by atoms with Crippen LogP contribution in [-0.2, 0) is 14.3 Å². The first-order valence-corrected chi connectivity index (χ1v) is 5.00. The SMILES string of the molecule is NC=CC(=O)OCC1CCC2OC2C1. The van der Waals surface area contributed by atoms with Crippen LogP contribution >= 0.6 is 0 Å². The molecular weight excluding hydrogens is 182 g/mol. The zero-order valence-corrected chi connectivity index (χ0v) is 8.02. The van der Waals surface area contributed by atoms with Crippen molar-refractivity contribution in [3.8, 4) is 0 Å². The zero-order valence-electron chi connectivity index (χ0n) is 8.02. The van der Waals surface area contributed by atoms with E-state index < -0.39 is 0 Å². The largest absolute Gasteiger partial charge is 0.462 e. The number of esters is 1. The van der Waals surface area contributed by atoms with Gasteiger partial charge in [-0.05, 0) is 25.2 Å². The van der Waals surface area contributed by atoms with Gasteiger partial charge in [0.2, 0.25) is 0 Å². The van der Waals surface area contributed by atoms with Crippen LogP contribution in [0.3, 0.4) is 0 Å². The zero-order chi connectivity index (χ0) is 9.97. The summed E-state index contributed by atoms with van der Waals surface area (Å²) in [5.41, 5.74) is 5.07. The first-order valence-electron chi connectivity index (χ1n) is 5.00. The Kier molecular flexibility index (Phi) is 2.72. The molecule has 3 atom stereocenters. The Hall–Kier alpha value is -1.03. The van der Waals surface area contributed by atoms with E-state index in [2.05, 4.69) is 0 Å². The molecule has 2 rings (SSSR count). The molecule has 1 aliphatic heterocycles. The van der Waals surface area contributed by atoms with Crippen LogP contribution in [0.4, 0.5) is 0 Å². The van der Waals surface area contributed by atoms with Gasteiger partial charge in [0.25, 0.3) is 0 Å². The highest BCUT2D eigenvalue weighted by molar-refractivity contribution is 5.81. The molecule has 3 unspecified atom stereocenters. The Balaban J connectivity index is 1.67. The Morgan fingerprint density at radius 3 is 3.07 bits per heavy atom. The summed E-state index contributed by atoms with van der Waals surface area (Å²) in [6, 6.07) is 0. The van der Waals surface area contributed by atoms with Gasteiger partial charge < -0.3 is 15.2 Å². The maximum atomic E-state index is 11.0. The van der Waals surface area contributed by atoms with Crippen LogP contribution in [0.15, 0.2) is 12.3 Å². The van der Waals surface area contributed by atoms with Crippen molar-refractivity contribution < 1.29 is 14.3 Å². The molecule has 4 nitrogen and oxygen atoms in total. The van der Waals surface area contributed by atoms with Crippen molar-refractivity contribution in [2.24, 2.45) is 11.7 Å². The first kappa shape index (κ1) is 9.52. The van der Waals surface area contributed by atoms with Gasteiger partial charge in [-0.15, -0.1) is 0 Å². The fraction of sp³-hybridized carbons (Fsp3) is 0.700. The Morgan fingerprint density at radius 2 is 2.36 bits per heavy atom. The molecule has 0 amide bonds. The van der Waals surface area contributed by atoms with Gasteiger partial charge in [0.15, 0.2) is 0 Å². The molecule has 1 saturated carbocycles. The lowest BCUT2D eigenvalue weighted by molar-refractivity contribution is -0.139. The van der Waals surface area contributed by atoms with E-state index in [1.54, 1.807) is 0 Å². The summed E-state index contributed by atoms with van der Waals surface area (Å²) in [7, 11) is 0. The predicted octanol–water partition coefficient (Wildman–Crippen LogP) is 0.569. The molecule has 2 aliphatic rings. The van der Waals surface area contributed by atoms with Gasteiger partial charge in [-0.3, -0.25) is 0 Å². The van der Waals surface area contributed by atoms with Crippen LogP contribution in [0.2, 0.25) is 0 Å². The van der Waals surface area contributed by atoms with Crippen molar-refractivity contribution in [2.45, 2.75) is 31.5 Å². The Morgan fingerprint density at radius 1 is 1.50 bits per heavy atom. The second-order valence-corrected chi connectivity index (χ2v) is 3.88. The number of epoxide rings is 1. The van der Waals surface area contributed by atoms with Crippen molar-refractivity contribution in [1.82, 2.24) is 0 Å². The maximum Gasteiger partial charge on any atom is 0.332 e. The smallest absolute Gasteiger partial charge is 0.332 e. The van der Waals surface area contributed by atoms with Gasteiger partial charge in [0.1, 0.15) is 0 Å². The third-order valence-corrected chi connectivity index (χ3v) is 2.81. The lowest BCUT2D eigenvalue weighted by Crippen LogP contribution is -2.19. The van der Waals surface area contributed by atoms with E-state index in [0.29, 0.717) is 24.7 Å². The minimum Gasteiger partial charge on any atom is -0.462 e. The number of fused-ring (bicyclic) bond motifs is 1. The lowest BCUT2D eigenvalue weighted by Gasteiger charge is -2.17. The molecule has 2 N–H and O–H groups in total. The number of hydrogen-bond donors (Lipinski definition) is 1. The summed E-state index contributed by atoms with van der Waals surface area (Å²) in [6.07, 6.45) is 6.62. The number of ether oxygens (including phenoxy) is 2. The van der Waals surface area contributed by atoms with Gasteiger partial charge in [0, 0.05) is 12.3 Å². The average molecular weight is 197 g/mol. The van der Waals surface area contributed by atoms with E-state index in [9.17, 15) is 4.79 Å². The highest BCUT2D eigenvalue weighted by Crippen LogP contribution is 2.39. The third-order valence-electron chi connectivity index (χ3n) is 2.81. The average Bonchev–Trinajstić information content (AvgIpc) is 2.93. The molecule has 0 radical (unpaired) electrons. The third kappa shape index (κ3) is 2.26. The fourth-order valence-corrected chi connectivity index (χ4v) is 1.96. The van der Waals surface area contributed by atoms with E-state index in [1.807, 2.05) is 0 Å². The summed E-state index contributed by atoms with van der Waals surface area (Å²) < 4.78 is 10.4. The molecule has 14 heavy (non-hydrogen) atoms. The fourth-order valence-electron chi connectivity index (χ4n) is 1.96. The standard InChI is InChI=1S/C10H15NO3/c11-4-3-10(12)13-6-7-1-2-8-9(5-7)14-8/h3-4,7-9H,1-2,5-6,11H2. The first-order chi connectivity index (χ1) is 6.79. The number of hydrogen-bond acceptors (Lipinski definition) is 4. The van der Waals surface area contributed by atoms with Gasteiger partial charge >= 0.3 is 5.97 Å². The lowest BCUT2D eigenvalue weighted by atomic mass is 9.90. The molecule has 4 heteroatoms. The minimum absolute atomic E-state index is 0.355. The van der Waals surface area contributed by atoms with Crippen LogP contribution < -0.4 is 5.73 Å². The van der Waals surface area contributed by atoms with Gasteiger partial charge in [-0.2, -0.15) is 0 Å². The highest BCUT2D eigenvalue weighted by atomic mass is 16.6. The van der Waals surface area contributed by atoms with Crippen LogP contribution in [0.5, 0.6) is 0 Å². The number of rotatable bonds is 3. The molecule has 2 fully saturated rings. The van der Waals surface area contributed by atoms with Crippen molar-refractivity contribution in [3.05, 3.63) is 12.3 Å². The number of carbonyl (C=O) groups is 1. The summed E-state index contributed by atoms with van der Waals surface area (Å²) >= 11 is 0. The van der Waals surface area contributed by atoms with Crippen LogP contribution in [-0.4, -0.2) is 24.8 Å². The molecule has 0 aromatic carbocycles. The molecule has 1 saturated heterocycles. The van der Waals surface area contributed by atoms with Crippen LogP contribution in [0, 0.1) is 5.92 Å². The predicted molar refractivity (Wildman–Crippen MR) is 50.3 cm³/mol. The van der Waals surface area contributed by atoms with E-state index in [1.165, 1.54) is 12.3 Å². The van der Waals surface area contributed by atoms with Crippen molar-refractivity contribution in [2.75, 3.05) is 6.61 Å². The normalized spacial score (nSPS) is 35.3.